The molecular formula is C11H13N3. The minimum atomic E-state index is 0.0442. The molecule has 0 saturated carbocycles. The van der Waals surface area contributed by atoms with Crippen LogP contribution in [0.5, 0.6) is 0 Å². The van der Waals surface area contributed by atoms with E-state index in [9.17, 15) is 0 Å². The fraction of sp³-hybridized carbons (Fsp3) is 0.364. The van der Waals surface area contributed by atoms with Gasteiger partial charge in [-0.3, -0.25) is 4.98 Å². The van der Waals surface area contributed by atoms with Gasteiger partial charge in [-0.05, 0) is 6.07 Å². The molecular weight excluding hydrogens is 174 g/mol. The normalized spacial score (nSPS) is 11.9. The molecule has 2 rings (SSSR count). The van der Waals surface area contributed by atoms with E-state index in [-0.39, 0.29) is 5.41 Å². The van der Waals surface area contributed by atoms with Crippen LogP contribution >= 0.6 is 0 Å². The van der Waals surface area contributed by atoms with Crippen LogP contribution in [0.4, 0.5) is 0 Å². The molecule has 14 heavy (non-hydrogen) atoms. The number of pyridine rings is 1. The lowest BCUT2D eigenvalue weighted by molar-refractivity contribution is 0.574. The Bertz CT molecular complexity index is 452. The largest absolute Gasteiger partial charge is 0.262 e. The molecule has 0 aliphatic heterocycles. The molecule has 0 radical (unpaired) electrons. The molecule has 72 valence electrons. The molecule has 2 heterocycles. The lowest BCUT2D eigenvalue weighted by atomic mass is 9.89. The third-order valence-corrected chi connectivity index (χ3v) is 2.15. The Balaban J connectivity index is 2.78. The van der Waals surface area contributed by atoms with E-state index < -0.39 is 0 Å². The Morgan fingerprint density at radius 1 is 1.14 bits per heavy atom. The summed E-state index contributed by atoms with van der Waals surface area (Å²) in [6.45, 7) is 6.44. The number of rotatable bonds is 0. The van der Waals surface area contributed by atoms with Gasteiger partial charge in [-0.25, -0.2) is 9.97 Å². The number of aromatic nitrogens is 3. The van der Waals surface area contributed by atoms with Gasteiger partial charge in [0.1, 0.15) is 6.33 Å². The number of fused-ring (bicyclic) bond motifs is 1. The number of hydrogen-bond donors (Lipinski definition) is 0. The minimum absolute atomic E-state index is 0.0442. The van der Waals surface area contributed by atoms with Crippen LogP contribution in [-0.4, -0.2) is 15.0 Å². The maximum atomic E-state index is 4.34. The first kappa shape index (κ1) is 9.06. The standard InChI is InChI=1S/C11H13N3/c1-11(2,3)10-8-4-5-12-6-9(8)13-7-14-10/h4-7H,1-3H3. The summed E-state index contributed by atoms with van der Waals surface area (Å²) in [7, 11) is 0. The minimum Gasteiger partial charge on any atom is -0.262 e. The Morgan fingerprint density at radius 2 is 1.93 bits per heavy atom. The molecule has 0 N–H and O–H groups in total. The summed E-state index contributed by atoms with van der Waals surface area (Å²) in [6, 6.07) is 1.97. The van der Waals surface area contributed by atoms with Gasteiger partial charge in [-0.2, -0.15) is 0 Å². The highest BCUT2D eigenvalue weighted by molar-refractivity contribution is 5.80. The molecule has 3 nitrogen and oxygen atoms in total. The van der Waals surface area contributed by atoms with Crippen LogP contribution in [0, 0.1) is 0 Å². The molecule has 3 heteroatoms. The summed E-state index contributed by atoms with van der Waals surface area (Å²) in [5.74, 6) is 0. The average molecular weight is 187 g/mol. The summed E-state index contributed by atoms with van der Waals surface area (Å²) in [4.78, 5) is 12.6. The summed E-state index contributed by atoms with van der Waals surface area (Å²) < 4.78 is 0. The molecule has 2 aromatic rings. The second-order valence-corrected chi connectivity index (χ2v) is 4.37. The summed E-state index contributed by atoms with van der Waals surface area (Å²) in [5, 5.41) is 1.09. The third-order valence-electron chi connectivity index (χ3n) is 2.15. The summed E-state index contributed by atoms with van der Waals surface area (Å²) >= 11 is 0. The van der Waals surface area contributed by atoms with Gasteiger partial charge in [0.15, 0.2) is 0 Å². The zero-order valence-electron chi connectivity index (χ0n) is 8.65. The second-order valence-electron chi connectivity index (χ2n) is 4.37. The highest BCUT2D eigenvalue weighted by atomic mass is 14.9. The average Bonchev–Trinajstić information content (AvgIpc) is 2.15. The van der Waals surface area contributed by atoms with Crippen molar-refractivity contribution in [2.24, 2.45) is 0 Å². The van der Waals surface area contributed by atoms with Gasteiger partial charge in [0, 0.05) is 17.0 Å². The first-order valence-electron chi connectivity index (χ1n) is 4.64. The van der Waals surface area contributed by atoms with Crippen molar-refractivity contribution < 1.29 is 0 Å². The molecule has 0 spiro atoms. The van der Waals surface area contributed by atoms with Gasteiger partial charge in [-0.1, -0.05) is 20.8 Å². The molecule has 2 aromatic heterocycles. The number of hydrogen-bond acceptors (Lipinski definition) is 3. The molecule has 0 unspecified atom stereocenters. The van der Waals surface area contributed by atoms with Crippen molar-refractivity contribution >= 4 is 10.9 Å². The van der Waals surface area contributed by atoms with Crippen LogP contribution in [0.15, 0.2) is 24.8 Å². The summed E-state index contributed by atoms with van der Waals surface area (Å²) in [6.07, 6.45) is 5.15. The van der Waals surface area contributed by atoms with Gasteiger partial charge in [0.2, 0.25) is 0 Å². The smallest absolute Gasteiger partial charge is 0.116 e. The topological polar surface area (TPSA) is 38.7 Å². The molecule has 0 aliphatic rings. The van der Waals surface area contributed by atoms with Crippen molar-refractivity contribution in [2.75, 3.05) is 0 Å². The Hall–Kier alpha value is -1.51. The Kier molecular flexibility index (Phi) is 1.95. The quantitative estimate of drug-likeness (QED) is 0.635. The molecule has 0 aromatic carbocycles. The summed E-state index contributed by atoms with van der Waals surface area (Å²) in [5.41, 5.74) is 2.03. The van der Waals surface area contributed by atoms with Crippen molar-refractivity contribution in [1.29, 1.82) is 0 Å². The van der Waals surface area contributed by atoms with Crippen LogP contribution in [0.1, 0.15) is 26.5 Å². The van der Waals surface area contributed by atoms with Crippen LogP contribution in [-0.2, 0) is 5.41 Å². The van der Waals surface area contributed by atoms with Crippen molar-refractivity contribution in [3.63, 3.8) is 0 Å². The van der Waals surface area contributed by atoms with E-state index in [4.69, 9.17) is 0 Å². The fourth-order valence-electron chi connectivity index (χ4n) is 1.51. The lowest BCUT2D eigenvalue weighted by Gasteiger charge is -2.18. The second kappa shape index (κ2) is 3.01. The van der Waals surface area contributed by atoms with Gasteiger partial charge in [-0.15, -0.1) is 0 Å². The third kappa shape index (κ3) is 1.45. The Labute approximate surface area is 83.2 Å². The predicted molar refractivity (Wildman–Crippen MR) is 56.0 cm³/mol. The van der Waals surface area contributed by atoms with Crippen LogP contribution in [0.3, 0.4) is 0 Å². The van der Waals surface area contributed by atoms with E-state index in [0.717, 1.165) is 16.6 Å². The first-order chi connectivity index (χ1) is 6.59. The monoisotopic (exact) mass is 187 g/mol. The van der Waals surface area contributed by atoms with E-state index in [1.807, 2.05) is 6.07 Å². The maximum absolute atomic E-state index is 4.34. The molecule has 0 bridgehead atoms. The van der Waals surface area contributed by atoms with E-state index in [1.165, 1.54) is 0 Å². The molecule has 0 amide bonds. The van der Waals surface area contributed by atoms with E-state index in [0.29, 0.717) is 0 Å². The lowest BCUT2D eigenvalue weighted by Crippen LogP contribution is -2.14. The molecule has 0 aliphatic carbocycles. The highest BCUT2D eigenvalue weighted by Crippen LogP contribution is 2.25. The van der Waals surface area contributed by atoms with E-state index in [2.05, 4.69) is 35.7 Å². The van der Waals surface area contributed by atoms with Crippen LogP contribution in [0.2, 0.25) is 0 Å². The predicted octanol–water partition coefficient (Wildman–Crippen LogP) is 2.32. The van der Waals surface area contributed by atoms with Crippen molar-refractivity contribution in [2.45, 2.75) is 26.2 Å². The maximum Gasteiger partial charge on any atom is 0.116 e. The highest BCUT2D eigenvalue weighted by Gasteiger charge is 2.18. The number of nitrogens with zero attached hydrogens (tertiary/aromatic N) is 3. The molecule has 0 fully saturated rings. The van der Waals surface area contributed by atoms with Crippen molar-refractivity contribution in [1.82, 2.24) is 15.0 Å². The van der Waals surface area contributed by atoms with Crippen molar-refractivity contribution in [3.05, 3.63) is 30.5 Å². The SMILES string of the molecule is CC(C)(C)c1ncnc2cnccc12. The van der Waals surface area contributed by atoms with Crippen LogP contribution < -0.4 is 0 Å². The zero-order valence-corrected chi connectivity index (χ0v) is 8.65. The van der Waals surface area contributed by atoms with Crippen LogP contribution in [0.25, 0.3) is 10.9 Å². The first-order valence-corrected chi connectivity index (χ1v) is 4.64. The van der Waals surface area contributed by atoms with Gasteiger partial charge in [0.05, 0.1) is 17.4 Å². The van der Waals surface area contributed by atoms with E-state index >= 15 is 0 Å². The van der Waals surface area contributed by atoms with Gasteiger partial charge >= 0.3 is 0 Å². The van der Waals surface area contributed by atoms with Gasteiger partial charge in [0.25, 0.3) is 0 Å². The van der Waals surface area contributed by atoms with Gasteiger partial charge < -0.3 is 0 Å². The Morgan fingerprint density at radius 3 is 2.64 bits per heavy atom. The van der Waals surface area contributed by atoms with E-state index in [1.54, 1.807) is 18.7 Å². The van der Waals surface area contributed by atoms with Crippen molar-refractivity contribution in [3.8, 4) is 0 Å². The molecule has 0 atom stereocenters. The molecule has 0 saturated heterocycles. The zero-order chi connectivity index (χ0) is 10.2. The fourth-order valence-corrected chi connectivity index (χ4v) is 1.51.